The molecule has 0 aliphatic heterocycles. The Hall–Kier alpha value is -3.03. The molecule has 5 nitrogen and oxygen atoms in total. The van der Waals surface area contributed by atoms with Gasteiger partial charge in [0, 0.05) is 0 Å². The second-order valence-corrected chi connectivity index (χ2v) is 8.56. The number of aryl methyl sites for hydroxylation is 1. The molecular formula is C26H29F3O5. The Bertz CT molecular complexity index is 985. The van der Waals surface area contributed by atoms with Crippen molar-refractivity contribution in [1.82, 2.24) is 0 Å². The molecule has 0 saturated carbocycles. The van der Waals surface area contributed by atoms with Gasteiger partial charge in [0.25, 0.3) is 0 Å². The molecule has 1 aliphatic carbocycles. The molecule has 2 aromatic carbocycles. The second-order valence-electron chi connectivity index (χ2n) is 8.56. The Labute approximate surface area is 196 Å². The zero-order valence-corrected chi connectivity index (χ0v) is 19.1. The Morgan fingerprint density at radius 1 is 1.09 bits per heavy atom. The van der Waals surface area contributed by atoms with E-state index < -0.39 is 30.1 Å². The summed E-state index contributed by atoms with van der Waals surface area (Å²) in [5.74, 6) is -1.69. The Kier molecular flexibility index (Phi) is 8.58. The van der Waals surface area contributed by atoms with E-state index in [0.717, 1.165) is 36.8 Å². The van der Waals surface area contributed by atoms with E-state index in [1.54, 1.807) is 12.1 Å². The van der Waals surface area contributed by atoms with Gasteiger partial charge in [-0.3, -0.25) is 4.79 Å². The van der Waals surface area contributed by atoms with Crippen molar-refractivity contribution in [3.63, 3.8) is 0 Å². The number of rotatable bonds is 9. The van der Waals surface area contributed by atoms with Gasteiger partial charge >= 0.3 is 18.1 Å². The highest BCUT2D eigenvalue weighted by atomic mass is 19.4. The van der Waals surface area contributed by atoms with Gasteiger partial charge in [0.05, 0.1) is 11.5 Å². The lowest BCUT2D eigenvalue weighted by Gasteiger charge is -2.24. The van der Waals surface area contributed by atoms with Crippen molar-refractivity contribution in [2.45, 2.75) is 76.5 Å². The van der Waals surface area contributed by atoms with Gasteiger partial charge in [-0.25, -0.2) is 4.79 Å². The van der Waals surface area contributed by atoms with Crippen LogP contribution in [0.3, 0.4) is 0 Å². The zero-order chi connectivity index (χ0) is 24.7. The lowest BCUT2D eigenvalue weighted by Crippen LogP contribution is -2.33. The molecule has 0 spiro atoms. The number of ether oxygens (including phenoxy) is 2. The number of hydrogen-bond acceptors (Lipinski definition) is 5. The van der Waals surface area contributed by atoms with Crippen molar-refractivity contribution in [2.24, 2.45) is 0 Å². The second kappa shape index (κ2) is 11.4. The van der Waals surface area contributed by atoms with Crippen molar-refractivity contribution in [3.05, 3.63) is 59.2 Å². The number of carbonyl (C=O) groups excluding carboxylic acids is 2. The molecule has 1 N–H and O–H groups in total. The van der Waals surface area contributed by atoms with Gasteiger partial charge in [-0.2, -0.15) is 13.2 Å². The number of benzene rings is 2. The first-order chi connectivity index (χ1) is 16.2. The molecule has 0 fully saturated rings. The van der Waals surface area contributed by atoms with Crippen LogP contribution in [0.2, 0.25) is 0 Å². The summed E-state index contributed by atoms with van der Waals surface area (Å²) in [7, 11) is 0. The van der Waals surface area contributed by atoms with Gasteiger partial charge < -0.3 is 14.6 Å². The van der Waals surface area contributed by atoms with E-state index in [4.69, 9.17) is 9.47 Å². The average molecular weight is 479 g/mol. The maximum atomic E-state index is 13.3. The molecule has 2 aromatic rings. The lowest BCUT2D eigenvalue weighted by molar-refractivity contribution is -0.206. The highest BCUT2D eigenvalue weighted by Crippen LogP contribution is 2.35. The Balaban J connectivity index is 1.61. The first kappa shape index (κ1) is 25.6. The third kappa shape index (κ3) is 6.74. The fourth-order valence-electron chi connectivity index (χ4n) is 4.14. The van der Waals surface area contributed by atoms with Gasteiger partial charge in [-0.15, -0.1) is 0 Å². The molecule has 0 radical (unpaired) electrons. The molecule has 34 heavy (non-hydrogen) atoms. The monoisotopic (exact) mass is 478 g/mol. The van der Waals surface area contributed by atoms with Gasteiger partial charge in [0.15, 0.2) is 6.10 Å². The van der Waals surface area contributed by atoms with Crippen LogP contribution < -0.4 is 4.74 Å². The molecule has 0 heterocycles. The SMILES string of the molecule is CCCCCC[C@@H](OC(=O)c1ccc(OC(=O)C2CCCc3cc(O)ccc32)cc1)C(F)(F)F. The van der Waals surface area contributed by atoms with E-state index in [0.29, 0.717) is 19.3 Å². The highest BCUT2D eigenvalue weighted by Gasteiger charge is 2.42. The largest absolute Gasteiger partial charge is 0.508 e. The summed E-state index contributed by atoms with van der Waals surface area (Å²) in [6.45, 7) is 1.96. The van der Waals surface area contributed by atoms with Crippen molar-refractivity contribution in [1.29, 1.82) is 0 Å². The van der Waals surface area contributed by atoms with E-state index >= 15 is 0 Å². The van der Waals surface area contributed by atoms with E-state index in [-0.39, 0.29) is 23.5 Å². The lowest BCUT2D eigenvalue weighted by atomic mass is 9.83. The van der Waals surface area contributed by atoms with Crippen molar-refractivity contribution in [2.75, 3.05) is 0 Å². The van der Waals surface area contributed by atoms with Crippen molar-refractivity contribution < 1.29 is 37.3 Å². The molecule has 2 atom stereocenters. The molecule has 1 aliphatic rings. The third-order valence-electron chi connectivity index (χ3n) is 5.97. The summed E-state index contributed by atoms with van der Waals surface area (Å²) in [5, 5.41) is 9.67. The van der Waals surface area contributed by atoms with Crippen LogP contribution in [-0.4, -0.2) is 29.3 Å². The molecule has 8 heteroatoms. The Morgan fingerprint density at radius 2 is 1.82 bits per heavy atom. The predicted molar refractivity (Wildman–Crippen MR) is 120 cm³/mol. The molecule has 0 aromatic heterocycles. The van der Waals surface area contributed by atoms with Crippen LogP contribution in [0.4, 0.5) is 13.2 Å². The van der Waals surface area contributed by atoms with E-state index in [9.17, 15) is 27.9 Å². The number of aromatic hydroxyl groups is 1. The van der Waals surface area contributed by atoms with Crippen LogP contribution in [0.5, 0.6) is 11.5 Å². The molecule has 184 valence electrons. The number of phenols is 1. The number of alkyl halides is 3. The average Bonchev–Trinajstić information content (AvgIpc) is 2.80. The van der Waals surface area contributed by atoms with E-state index in [2.05, 4.69) is 0 Å². The van der Waals surface area contributed by atoms with E-state index in [1.165, 1.54) is 30.3 Å². The minimum Gasteiger partial charge on any atom is -0.508 e. The predicted octanol–water partition coefficient (Wildman–Crippen LogP) is 6.48. The quantitative estimate of drug-likeness (QED) is 0.254. The smallest absolute Gasteiger partial charge is 0.425 e. The highest BCUT2D eigenvalue weighted by molar-refractivity contribution is 5.90. The van der Waals surface area contributed by atoms with Gasteiger partial charge in [0.2, 0.25) is 0 Å². The molecule has 1 unspecified atom stereocenters. The molecule has 3 rings (SSSR count). The van der Waals surface area contributed by atoms with Crippen LogP contribution in [-0.2, 0) is 16.0 Å². The van der Waals surface area contributed by atoms with Crippen LogP contribution in [0.1, 0.15) is 79.3 Å². The Morgan fingerprint density at radius 3 is 2.50 bits per heavy atom. The number of phenolic OH excluding ortho intramolecular Hbond substituents is 1. The first-order valence-electron chi connectivity index (χ1n) is 11.6. The van der Waals surface area contributed by atoms with Crippen LogP contribution >= 0.6 is 0 Å². The molecule has 0 saturated heterocycles. The van der Waals surface area contributed by atoms with Crippen molar-refractivity contribution >= 4 is 11.9 Å². The topological polar surface area (TPSA) is 72.8 Å². The zero-order valence-electron chi connectivity index (χ0n) is 19.1. The number of halogens is 3. The molecule has 0 bridgehead atoms. The number of hydrogen-bond donors (Lipinski definition) is 1. The summed E-state index contributed by atoms with van der Waals surface area (Å²) in [6.07, 6.45) is -2.22. The minimum atomic E-state index is -4.63. The summed E-state index contributed by atoms with van der Waals surface area (Å²) in [4.78, 5) is 25.0. The molecular weight excluding hydrogens is 449 g/mol. The third-order valence-corrected chi connectivity index (χ3v) is 5.97. The van der Waals surface area contributed by atoms with Gasteiger partial charge in [-0.05, 0) is 79.6 Å². The van der Waals surface area contributed by atoms with Crippen LogP contribution in [0.15, 0.2) is 42.5 Å². The summed E-state index contributed by atoms with van der Waals surface area (Å²) < 4.78 is 50.0. The maximum Gasteiger partial charge on any atom is 0.425 e. The number of unbranched alkanes of at least 4 members (excludes halogenated alkanes) is 3. The number of fused-ring (bicyclic) bond motifs is 1. The number of carbonyl (C=O) groups is 2. The van der Waals surface area contributed by atoms with Crippen LogP contribution in [0, 0.1) is 0 Å². The normalized spacial score (nSPS) is 16.4. The van der Waals surface area contributed by atoms with Gasteiger partial charge in [0.1, 0.15) is 11.5 Å². The minimum absolute atomic E-state index is 0.0545. The standard InChI is InChI=1S/C26H29F3O5/c1-2-3-4-5-9-23(26(27,28)29)34-24(31)17-10-13-20(14-11-17)33-25(32)22-8-6-7-18-16-19(30)12-15-21(18)22/h10-16,22-23,30H,2-9H2,1H3/t22?,23-/m1/s1. The molecule has 0 amide bonds. The van der Waals surface area contributed by atoms with E-state index in [1.807, 2.05) is 6.92 Å². The first-order valence-corrected chi connectivity index (χ1v) is 11.6. The van der Waals surface area contributed by atoms with Crippen molar-refractivity contribution in [3.8, 4) is 11.5 Å². The summed E-state index contributed by atoms with van der Waals surface area (Å²) >= 11 is 0. The summed E-state index contributed by atoms with van der Waals surface area (Å²) in [6, 6.07) is 10.2. The van der Waals surface area contributed by atoms with Crippen LogP contribution in [0.25, 0.3) is 0 Å². The fraction of sp³-hybridized carbons (Fsp3) is 0.462. The summed E-state index contributed by atoms with van der Waals surface area (Å²) in [5.41, 5.74) is 1.66. The van der Waals surface area contributed by atoms with Gasteiger partial charge in [-0.1, -0.05) is 32.3 Å². The fourth-order valence-corrected chi connectivity index (χ4v) is 4.14. The maximum absolute atomic E-state index is 13.3. The number of esters is 2.